The fraction of sp³-hybridized carbons (Fsp3) is 0.571. The van der Waals surface area contributed by atoms with Crippen LogP contribution in [0.1, 0.15) is 63.8 Å². The summed E-state index contributed by atoms with van der Waals surface area (Å²) in [6.45, 7) is 6.48. The molecule has 0 aliphatic heterocycles. The van der Waals surface area contributed by atoms with E-state index in [9.17, 15) is 4.79 Å². The van der Waals surface area contributed by atoms with Crippen molar-refractivity contribution in [2.45, 2.75) is 71.9 Å². The largest absolute Gasteiger partial charge is 0.337 e. The third kappa shape index (κ3) is 4.71. The number of hydrogen-bond acceptors (Lipinski definition) is 4. The van der Waals surface area contributed by atoms with Crippen LogP contribution in [-0.4, -0.2) is 27.0 Å². The van der Waals surface area contributed by atoms with Gasteiger partial charge in [-0.3, -0.25) is 4.79 Å². The van der Waals surface area contributed by atoms with Crippen LogP contribution in [0.2, 0.25) is 0 Å². The van der Waals surface area contributed by atoms with E-state index < -0.39 is 0 Å². The SMILES string of the molecule is Cc1ccc(-c2noc(CN(C(=O)CCC3CCCC3)C(C)C)n2)cc1. The van der Waals surface area contributed by atoms with Crippen molar-refractivity contribution in [3.05, 3.63) is 35.7 Å². The van der Waals surface area contributed by atoms with Crippen LogP contribution in [0, 0.1) is 12.8 Å². The highest BCUT2D eigenvalue weighted by Crippen LogP contribution is 2.29. The quantitative estimate of drug-likeness (QED) is 0.719. The van der Waals surface area contributed by atoms with Crippen LogP contribution in [-0.2, 0) is 11.3 Å². The van der Waals surface area contributed by atoms with Gasteiger partial charge in [0.25, 0.3) is 0 Å². The summed E-state index contributed by atoms with van der Waals surface area (Å²) in [6.07, 6.45) is 6.80. The third-order valence-corrected chi connectivity index (χ3v) is 5.27. The van der Waals surface area contributed by atoms with Crippen LogP contribution >= 0.6 is 0 Å². The van der Waals surface area contributed by atoms with Crippen LogP contribution in [0.25, 0.3) is 11.4 Å². The average molecular weight is 355 g/mol. The van der Waals surface area contributed by atoms with Crippen molar-refractivity contribution in [2.24, 2.45) is 5.92 Å². The first kappa shape index (κ1) is 18.6. The molecule has 140 valence electrons. The van der Waals surface area contributed by atoms with Gasteiger partial charge < -0.3 is 9.42 Å². The fourth-order valence-corrected chi connectivity index (χ4v) is 3.61. The molecule has 0 bridgehead atoms. The summed E-state index contributed by atoms with van der Waals surface area (Å²) in [5.41, 5.74) is 2.12. The minimum Gasteiger partial charge on any atom is -0.337 e. The smallest absolute Gasteiger partial charge is 0.246 e. The average Bonchev–Trinajstić information content (AvgIpc) is 3.30. The van der Waals surface area contributed by atoms with Crippen LogP contribution < -0.4 is 0 Å². The normalized spacial score (nSPS) is 14.9. The number of carbonyl (C=O) groups excluding carboxylic acids is 1. The molecule has 5 heteroatoms. The second-order valence-corrected chi connectivity index (χ2v) is 7.68. The van der Waals surface area contributed by atoms with Crippen molar-refractivity contribution in [3.8, 4) is 11.4 Å². The van der Waals surface area contributed by atoms with E-state index in [2.05, 4.69) is 10.1 Å². The Bertz CT molecular complexity index is 715. The predicted molar refractivity (Wildman–Crippen MR) is 101 cm³/mol. The highest BCUT2D eigenvalue weighted by Gasteiger charge is 2.23. The van der Waals surface area contributed by atoms with Gasteiger partial charge in [0, 0.05) is 18.0 Å². The minimum absolute atomic E-state index is 0.112. The van der Waals surface area contributed by atoms with Gasteiger partial charge >= 0.3 is 0 Å². The molecule has 1 amide bonds. The van der Waals surface area contributed by atoms with E-state index in [0.717, 1.165) is 17.9 Å². The van der Waals surface area contributed by atoms with Gasteiger partial charge in [-0.15, -0.1) is 0 Å². The highest BCUT2D eigenvalue weighted by molar-refractivity contribution is 5.76. The van der Waals surface area contributed by atoms with Crippen molar-refractivity contribution >= 4 is 5.91 Å². The van der Waals surface area contributed by atoms with Gasteiger partial charge in [-0.05, 0) is 33.1 Å². The van der Waals surface area contributed by atoms with Crippen molar-refractivity contribution in [1.29, 1.82) is 0 Å². The maximum Gasteiger partial charge on any atom is 0.246 e. The van der Waals surface area contributed by atoms with Crippen LogP contribution in [0.15, 0.2) is 28.8 Å². The van der Waals surface area contributed by atoms with Gasteiger partial charge in [0.15, 0.2) is 0 Å². The van der Waals surface area contributed by atoms with E-state index >= 15 is 0 Å². The molecule has 0 radical (unpaired) electrons. The molecule has 1 aliphatic rings. The molecule has 1 saturated carbocycles. The Morgan fingerprint density at radius 3 is 2.58 bits per heavy atom. The zero-order chi connectivity index (χ0) is 18.5. The second kappa shape index (κ2) is 8.47. The summed E-state index contributed by atoms with van der Waals surface area (Å²) >= 11 is 0. The van der Waals surface area contributed by atoms with E-state index in [1.54, 1.807) is 0 Å². The number of carbonyl (C=O) groups is 1. The lowest BCUT2D eigenvalue weighted by Crippen LogP contribution is -2.36. The topological polar surface area (TPSA) is 59.2 Å². The van der Waals surface area contributed by atoms with Gasteiger partial charge in [-0.2, -0.15) is 4.98 Å². The Labute approximate surface area is 155 Å². The Morgan fingerprint density at radius 2 is 1.92 bits per heavy atom. The highest BCUT2D eigenvalue weighted by atomic mass is 16.5. The Morgan fingerprint density at radius 1 is 1.23 bits per heavy atom. The van der Waals surface area contributed by atoms with E-state index in [1.165, 1.54) is 31.2 Å². The number of hydrogen-bond donors (Lipinski definition) is 0. The summed E-state index contributed by atoms with van der Waals surface area (Å²) in [6, 6.07) is 8.13. The molecule has 1 aromatic carbocycles. The summed E-state index contributed by atoms with van der Waals surface area (Å²) in [5.74, 6) is 1.97. The molecular weight excluding hydrogens is 326 g/mol. The van der Waals surface area contributed by atoms with Crippen LogP contribution in [0.4, 0.5) is 0 Å². The van der Waals surface area contributed by atoms with Crippen molar-refractivity contribution in [3.63, 3.8) is 0 Å². The lowest BCUT2D eigenvalue weighted by Gasteiger charge is -2.25. The Hall–Kier alpha value is -2.17. The molecule has 0 saturated heterocycles. The molecule has 26 heavy (non-hydrogen) atoms. The second-order valence-electron chi connectivity index (χ2n) is 7.68. The van der Waals surface area contributed by atoms with Gasteiger partial charge in [-0.1, -0.05) is 60.7 Å². The molecule has 1 aliphatic carbocycles. The lowest BCUT2D eigenvalue weighted by atomic mass is 10.0. The summed E-state index contributed by atoms with van der Waals surface area (Å²) in [5, 5.41) is 4.07. The molecular formula is C21H29N3O2. The number of aromatic nitrogens is 2. The molecule has 1 heterocycles. The number of aryl methyl sites for hydroxylation is 1. The molecule has 1 fully saturated rings. The predicted octanol–water partition coefficient (Wildman–Crippen LogP) is 4.75. The molecule has 0 N–H and O–H groups in total. The molecule has 2 aromatic rings. The molecule has 0 unspecified atom stereocenters. The van der Waals surface area contributed by atoms with E-state index in [-0.39, 0.29) is 11.9 Å². The molecule has 0 atom stereocenters. The first-order chi connectivity index (χ1) is 12.5. The standard InChI is InChI=1S/C21H29N3O2/c1-15(2)24(20(25)13-10-17-6-4-5-7-17)14-19-22-21(23-26-19)18-11-8-16(3)9-12-18/h8-9,11-12,15,17H,4-7,10,13-14H2,1-3H3. The molecule has 1 aromatic heterocycles. The van der Waals surface area contributed by atoms with Gasteiger partial charge in [0.05, 0.1) is 0 Å². The van der Waals surface area contributed by atoms with Gasteiger partial charge in [0.2, 0.25) is 17.6 Å². The number of amides is 1. The van der Waals surface area contributed by atoms with Crippen LogP contribution in [0.3, 0.4) is 0 Å². The molecule has 3 rings (SSSR count). The van der Waals surface area contributed by atoms with Gasteiger partial charge in [0.1, 0.15) is 6.54 Å². The van der Waals surface area contributed by atoms with Crippen LogP contribution in [0.5, 0.6) is 0 Å². The van der Waals surface area contributed by atoms with E-state index in [1.807, 2.05) is 49.9 Å². The van der Waals surface area contributed by atoms with Gasteiger partial charge in [-0.25, -0.2) is 0 Å². The number of rotatable bonds is 7. The first-order valence-corrected chi connectivity index (χ1v) is 9.72. The Balaban J connectivity index is 1.62. The zero-order valence-corrected chi connectivity index (χ0v) is 16.1. The molecule has 0 spiro atoms. The minimum atomic E-state index is 0.112. The summed E-state index contributed by atoms with van der Waals surface area (Å²) < 4.78 is 5.40. The zero-order valence-electron chi connectivity index (χ0n) is 16.1. The monoisotopic (exact) mass is 355 g/mol. The van der Waals surface area contributed by atoms with Crippen molar-refractivity contribution in [2.75, 3.05) is 0 Å². The fourth-order valence-electron chi connectivity index (χ4n) is 3.61. The first-order valence-electron chi connectivity index (χ1n) is 9.72. The number of nitrogens with zero attached hydrogens (tertiary/aromatic N) is 3. The number of benzene rings is 1. The third-order valence-electron chi connectivity index (χ3n) is 5.27. The van der Waals surface area contributed by atoms with E-state index in [0.29, 0.717) is 24.7 Å². The van der Waals surface area contributed by atoms with Crippen molar-refractivity contribution < 1.29 is 9.32 Å². The summed E-state index contributed by atoms with van der Waals surface area (Å²) in [4.78, 5) is 19.0. The van der Waals surface area contributed by atoms with Crippen molar-refractivity contribution in [1.82, 2.24) is 15.0 Å². The summed E-state index contributed by atoms with van der Waals surface area (Å²) in [7, 11) is 0. The lowest BCUT2D eigenvalue weighted by molar-refractivity contribution is -0.134. The molecule has 5 nitrogen and oxygen atoms in total. The maximum atomic E-state index is 12.7. The Kier molecular flexibility index (Phi) is 6.07. The van der Waals surface area contributed by atoms with E-state index in [4.69, 9.17) is 4.52 Å². The maximum absolute atomic E-state index is 12.7.